The van der Waals surface area contributed by atoms with Crippen LogP contribution in [0.4, 0.5) is 0 Å². The largest absolute Gasteiger partial charge is 0.428 e. The molecule has 0 aliphatic rings. The van der Waals surface area contributed by atoms with E-state index in [1.165, 1.54) is 13.1 Å². The topological polar surface area (TPSA) is 42.2 Å². The van der Waals surface area contributed by atoms with Crippen molar-refractivity contribution in [1.82, 2.24) is 4.73 Å². The molecule has 0 saturated carbocycles. The highest BCUT2D eigenvalue weighted by Gasteiger charge is 2.09. The summed E-state index contributed by atoms with van der Waals surface area (Å²) in [6.07, 6.45) is 1.44. The number of Topliss-reactive ketones (excluding diaryl/α,β-unsaturated/α-hetero) is 1. The van der Waals surface area contributed by atoms with Crippen molar-refractivity contribution in [3.05, 3.63) is 36.0 Å². The van der Waals surface area contributed by atoms with Gasteiger partial charge in [0.15, 0.2) is 5.78 Å². The second-order valence-corrected chi connectivity index (χ2v) is 2.96. The summed E-state index contributed by atoms with van der Waals surface area (Å²) in [5, 5.41) is 10.2. The van der Waals surface area contributed by atoms with Crippen LogP contribution in [-0.4, -0.2) is 15.7 Å². The lowest BCUT2D eigenvalue weighted by Gasteiger charge is -1.91. The SMILES string of the molecule is CC(=O)c1cn(O)c2ccccc12. The average molecular weight is 175 g/mol. The van der Waals surface area contributed by atoms with Gasteiger partial charge in [-0.2, -0.15) is 4.73 Å². The Morgan fingerprint density at radius 1 is 1.38 bits per heavy atom. The Kier molecular flexibility index (Phi) is 1.59. The Bertz CT molecular complexity index is 471. The van der Waals surface area contributed by atoms with Crippen molar-refractivity contribution >= 4 is 16.7 Å². The number of para-hydroxylation sites is 1. The van der Waals surface area contributed by atoms with Crippen LogP contribution in [0, 0.1) is 0 Å². The van der Waals surface area contributed by atoms with Crippen LogP contribution in [0.3, 0.4) is 0 Å². The molecule has 2 aromatic rings. The Balaban J connectivity index is 2.85. The van der Waals surface area contributed by atoms with E-state index in [0.29, 0.717) is 11.1 Å². The van der Waals surface area contributed by atoms with Gasteiger partial charge in [-0.15, -0.1) is 0 Å². The molecule has 0 unspecified atom stereocenters. The third-order valence-electron chi connectivity index (χ3n) is 2.07. The molecule has 3 heteroatoms. The first-order chi connectivity index (χ1) is 6.20. The van der Waals surface area contributed by atoms with E-state index >= 15 is 0 Å². The number of aromatic nitrogens is 1. The lowest BCUT2D eigenvalue weighted by molar-refractivity contribution is 0.101. The van der Waals surface area contributed by atoms with Crippen molar-refractivity contribution < 1.29 is 10.0 Å². The Hall–Kier alpha value is -1.77. The van der Waals surface area contributed by atoms with E-state index in [2.05, 4.69) is 0 Å². The van der Waals surface area contributed by atoms with Crippen LogP contribution < -0.4 is 0 Å². The van der Waals surface area contributed by atoms with Gasteiger partial charge in [0.05, 0.1) is 11.7 Å². The summed E-state index contributed by atoms with van der Waals surface area (Å²) in [5.74, 6) is -0.0380. The molecule has 1 N–H and O–H groups in total. The molecule has 1 aromatic heterocycles. The van der Waals surface area contributed by atoms with Crippen LogP contribution in [0.1, 0.15) is 17.3 Å². The maximum atomic E-state index is 11.1. The Morgan fingerprint density at radius 2 is 2.08 bits per heavy atom. The molecular weight excluding hydrogens is 166 g/mol. The molecule has 0 amide bonds. The van der Waals surface area contributed by atoms with E-state index in [1.54, 1.807) is 6.07 Å². The number of rotatable bonds is 1. The second kappa shape index (κ2) is 2.62. The monoisotopic (exact) mass is 175 g/mol. The number of carbonyl (C=O) groups is 1. The average Bonchev–Trinajstić information content (AvgIpc) is 2.45. The first-order valence-corrected chi connectivity index (χ1v) is 4.00. The molecule has 66 valence electrons. The smallest absolute Gasteiger partial charge is 0.162 e. The number of nitrogens with zero attached hydrogens (tertiary/aromatic N) is 1. The van der Waals surface area contributed by atoms with Crippen LogP contribution in [0.15, 0.2) is 30.5 Å². The van der Waals surface area contributed by atoms with Gasteiger partial charge < -0.3 is 5.21 Å². The van der Waals surface area contributed by atoms with Crippen LogP contribution in [0.2, 0.25) is 0 Å². The molecule has 1 heterocycles. The molecule has 0 aliphatic heterocycles. The Morgan fingerprint density at radius 3 is 2.77 bits per heavy atom. The van der Waals surface area contributed by atoms with E-state index in [-0.39, 0.29) is 5.78 Å². The number of carbonyl (C=O) groups excluding carboxylic acids is 1. The molecule has 0 atom stereocenters. The predicted octanol–water partition coefficient (Wildman–Crippen LogP) is 2.08. The highest BCUT2D eigenvalue weighted by Crippen LogP contribution is 2.19. The summed E-state index contributed by atoms with van der Waals surface area (Å²) in [4.78, 5) is 11.1. The van der Waals surface area contributed by atoms with Crippen molar-refractivity contribution in [1.29, 1.82) is 0 Å². The molecule has 0 spiro atoms. The maximum Gasteiger partial charge on any atom is 0.162 e. The lowest BCUT2D eigenvalue weighted by atomic mass is 10.1. The molecule has 0 aliphatic carbocycles. The number of benzene rings is 1. The van der Waals surface area contributed by atoms with Crippen LogP contribution in [-0.2, 0) is 0 Å². The van der Waals surface area contributed by atoms with E-state index in [4.69, 9.17) is 0 Å². The molecule has 2 rings (SSSR count). The molecular formula is C10H9NO2. The zero-order valence-corrected chi connectivity index (χ0v) is 7.19. The van der Waals surface area contributed by atoms with Crippen molar-refractivity contribution in [2.45, 2.75) is 6.92 Å². The van der Waals surface area contributed by atoms with Gasteiger partial charge in [-0.1, -0.05) is 18.2 Å². The minimum atomic E-state index is -0.0380. The first kappa shape index (κ1) is 7.86. The van der Waals surface area contributed by atoms with Crippen LogP contribution in [0.5, 0.6) is 0 Å². The standard InChI is InChI=1S/C10H9NO2/c1-7(12)9-6-11(13)10-5-3-2-4-8(9)10/h2-6,13H,1H3. The summed E-state index contributed by atoms with van der Waals surface area (Å²) in [6.45, 7) is 1.49. The van der Waals surface area contributed by atoms with Gasteiger partial charge in [0, 0.05) is 10.9 Å². The number of hydrogen-bond donors (Lipinski definition) is 1. The van der Waals surface area contributed by atoms with Gasteiger partial charge in [0.2, 0.25) is 0 Å². The molecule has 0 bridgehead atoms. The normalized spacial score (nSPS) is 10.5. The second-order valence-electron chi connectivity index (χ2n) is 2.96. The van der Waals surface area contributed by atoms with Crippen molar-refractivity contribution in [2.24, 2.45) is 0 Å². The lowest BCUT2D eigenvalue weighted by Crippen LogP contribution is -1.89. The summed E-state index contributed by atoms with van der Waals surface area (Å²) in [6, 6.07) is 7.24. The van der Waals surface area contributed by atoms with Crippen LogP contribution in [0.25, 0.3) is 10.9 Å². The number of fused-ring (bicyclic) bond motifs is 1. The zero-order valence-electron chi connectivity index (χ0n) is 7.19. The Labute approximate surface area is 75.2 Å². The van der Waals surface area contributed by atoms with Gasteiger partial charge >= 0.3 is 0 Å². The summed E-state index contributed by atoms with van der Waals surface area (Å²) >= 11 is 0. The molecule has 1 aromatic carbocycles. The van der Waals surface area contributed by atoms with E-state index in [0.717, 1.165) is 10.1 Å². The molecule has 0 saturated heterocycles. The van der Waals surface area contributed by atoms with E-state index in [1.807, 2.05) is 18.2 Å². The third kappa shape index (κ3) is 1.09. The third-order valence-corrected chi connectivity index (χ3v) is 2.07. The predicted molar refractivity (Wildman–Crippen MR) is 49.1 cm³/mol. The van der Waals surface area contributed by atoms with Gasteiger partial charge in [-0.05, 0) is 13.0 Å². The quantitative estimate of drug-likeness (QED) is 0.532. The fourth-order valence-corrected chi connectivity index (χ4v) is 1.44. The van der Waals surface area contributed by atoms with Gasteiger partial charge in [-0.3, -0.25) is 4.79 Å². The maximum absolute atomic E-state index is 11.1. The van der Waals surface area contributed by atoms with E-state index in [9.17, 15) is 10.0 Å². The van der Waals surface area contributed by atoms with Gasteiger partial charge in [-0.25, -0.2) is 0 Å². The van der Waals surface area contributed by atoms with E-state index < -0.39 is 0 Å². The molecule has 0 fully saturated rings. The highest BCUT2D eigenvalue weighted by molar-refractivity contribution is 6.06. The van der Waals surface area contributed by atoms with Crippen molar-refractivity contribution in [2.75, 3.05) is 0 Å². The molecule has 13 heavy (non-hydrogen) atoms. The minimum absolute atomic E-state index is 0.0380. The summed E-state index contributed by atoms with van der Waals surface area (Å²) < 4.78 is 0.978. The minimum Gasteiger partial charge on any atom is -0.428 e. The van der Waals surface area contributed by atoms with Gasteiger partial charge in [0.1, 0.15) is 0 Å². The summed E-state index contributed by atoms with van der Waals surface area (Å²) in [7, 11) is 0. The molecule has 3 nitrogen and oxygen atoms in total. The van der Waals surface area contributed by atoms with Crippen LogP contribution >= 0.6 is 0 Å². The van der Waals surface area contributed by atoms with Crippen molar-refractivity contribution in [3.63, 3.8) is 0 Å². The first-order valence-electron chi connectivity index (χ1n) is 4.00. The fourth-order valence-electron chi connectivity index (χ4n) is 1.44. The molecule has 0 radical (unpaired) electrons. The summed E-state index contributed by atoms with van der Waals surface area (Å²) in [5.41, 5.74) is 1.21. The number of ketones is 1. The fraction of sp³-hybridized carbons (Fsp3) is 0.100. The highest BCUT2D eigenvalue weighted by atomic mass is 16.5. The number of hydrogen-bond acceptors (Lipinski definition) is 2. The van der Waals surface area contributed by atoms with Crippen molar-refractivity contribution in [3.8, 4) is 0 Å². The zero-order chi connectivity index (χ0) is 9.42. The van der Waals surface area contributed by atoms with Gasteiger partial charge in [0.25, 0.3) is 0 Å².